The smallest absolute Gasteiger partial charge is 0.216 e. The van der Waals surface area contributed by atoms with E-state index in [0.29, 0.717) is 13.1 Å². The van der Waals surface area contributed by atoms with Gasteiger partial charge in [-0.25, -0.2) is 9.97 Å². The van der Waals surface area contributed by atoms with Gasteiger partial charge in [0, 0.05) is 34.9 Å². The maximum absolute atomic E-state index is 11.0. The quantitative estimate of drug-likeness (QED) is 0.587. The fourth-order valence-electron chi connectivity index (χ4n) is 2.70. The minimum Gasteiger partial charge on any atom is -0.368 e. The second-order valence-electron chi connectivity index (χ2n) is 5.57. The predicted molar refractivity (Wildman–Crippen MR) is 107 cm³/mol. The zero-order valence-corrected chi connectivity index (χ0v) is 16.5. The first-order valence-electron chi connectivity index (χ1n) is 8.10. The lowest BCUT2D eigenvalue weighted by Gasteiger charge is -2.09. The molecule has 0 aliphatic rings. The van der Waals surface area contributed by atoms with E-state index in [1.54, 1.807) is 17.7 Å². The number of benzene rings is 1. The number of aryl methyl sites for hydroxylation is 1. The Bertz CT molecular complexity index is 892. The van der Waals surface area contributed by atoms with E-state index in [-0.39, 0.29) is 5.91 Å². The van der Waals surface area contributed by atoms with Gasteiger partial charge in [-0.1, -0.05) is 35.0 Å². The molecule has 0 unspecified atom stereocenters. The maximum Gasteiger partial charge on any atom is 0.216 e. The van der Waals surface area contributed by atoms with E-state index in [2.05, 4.69) is 55.6 Å². The van der Waals surface area contributed by atoms with Gasteiger partial charge in [-0.2, -0.15) is 0 Å². The van der Waals surface area contributed by atoms with Crippen LogP contribution in [0.25, 0.3) is 21.3 Å². The fraction of sp³-hybridized carbons (Fsp3) is 0.278. The Hall–Kier alpha value is -1.99. The topological polar surface area (TPSA) is 66.9 Å². The van der Waals surface area contributed by atoms with Crippen molar-refractivity contribution in [3.8, 4) is 11.1 Å². The molecule has 0 saturated carbocycles. The molecule has 0 spiro atoms. The van der Waals surface area contributed by atoms with Gasteiger partial charge in [-0.15, -0.1) is 11.3 Å². The minimum absolute atomic E-state index is 0.0333. The molecule has 3 rings (SSSR count). The minimum atomic E-state index is -0.0333. The summed E-state index contributed by atoms with van der Waals surface area (Å²) >= 11 is 5.20. The van der Waals surface area contributed by atoms with Crippen molar-refractivity contribution in [3.63, 3.8) is 0 Å². The predicted octanol–water partition coefficient (Wildman–Crippen LogP) is 4.23. The van der Waals surface area contributed by atoms with E-state index < -0.39 is 0 Å². The van der Waals surface area contributed by atoms with Crippen LogP contribution in [-0.2, 0) is 11.2 Å². The van der Waals surface area contributed by atoms with Crippen LogP contribution in [-0.4, -0.2) is 29.0 Å². The molecule has 2 N–H and O–H groups in total. The Kier molecular flexibility index (Phi) is 5.65. The van der Waals surface area contributed by atoms with Crippen molar-refractivity contribution in [2.75, 3.05) is 18.4 Å². The lowest BCUT2D eigenvalue weighted by atomic mass is 10.0. The summed E-state index contributed by atoms with van der Waals surface area (Å²) in [4.78, 5) is 22.2. The molecule has 25 heavy (non-hydrogen) atoms. The van der Waals surface area contributed by atoms with Gasteiger partial charge in [0.2, 0.25) is 5.91 Å². The summed E-state index contributed by atoms with van der Waals surface area (Å²) in [5.74, 6) is 0.776. The van der Waals surface area contributed by atoms with Crippen LogP contribution >= 0.6 is 27.3 Å². The molecule has 0 fully saturated rings. The van der Waals surface area contributed by atoms with Crippen LogP contribution in [0, 0.1) is 0 Å². The average molecular weight is 419 g/mol. The summed E-state index contributed by atoms with van der Waals surface area (Å²) < 4.78 is 1.05. The Balaban J connectivity index is 2.02. The third-order valence-electron chi connectivity index (χ3n) is 3.81. The van der Waals surface area contributed by atoms with Gasteiger partial charge in [0.05, 0.1) is 5.39 Å². The number of hydrogen-bond acceptors (Lipinski definition) is 5. The van der Waals surface area contributed by atoms with Gasteiger partial charge < -0.3 is 10.6 Å². The van der Waals surface area contributed by atoms with Crippen molar-refractivity contribution in [1.82, 2.24) is 15.3 Å². The van der Waals surface area contributed by atoms with Crippen molar-refractivity contribution in [2.45, 2.75) is 20.3 Å². The molecular formula is C18H19BrN4OS. The van der Waals surface area contributed by atoms with Crippen molar-refractivity contribution in [1.29, 1.82) is 0 Å². The third kappa shape index (κ3) is 3.99. The van der Waals surface area contributed by atoms with E-state index in [1.165, 1.54) is 17.4 Å². The Morgan fingerprint density at radius 1 is 1.20 bits per heavy atom. The largest absolute Gasteiger partial charge is 0.368 e. The number of rotatable bonds is 6. The van der Waals surface area contributed by atoms with E-state index in [9.17, 15) is 4.79 Å². The molecule has 0 atom stereocenters. The van der Waals surface area contributed by atoms with E-state index in [1.807, 2.05) is 12.1 Å². The van der Waals surface area contributed by atoms with Crippen LogP contribution in [0.2, 0.25) is 0 Å². The number of hydrogen-bond donors (Lipinski definition) is 2. The van der Waals surface area contributed by atoms with Crippen LogP contribution in [0.4, 0.5) is 5.82 Å². The van der Waals surface area contributed by atoms with Crippen LogP contribution in [0.5, 0.6) is 0 Å². The van der Waals surface area contributed by atoms with E-state index in [0.717, 1.165) is 32.5 Å². The third-order valence-corrected chi connectivity index (χ3v) is 5.58. The molecule has 2 heterocycles. The molecule has 0 aliphatic heterocycles. The molecule has 3 aromatic rings. The molecule has 0 bridgehead atoms. The molecule has 130 valence electrons. The number of halogens is 1. The Morgan fingerprint density at radius 2 is 1.96 bits per heavy atom. The summed E-state index contributed by atoms with van der Waals surface area (Å²) in [6, 6.07) is 8.32. The van der Waals surface area contributed by atoms with Gasteiger partial charge >= 0.3 is 0 Å². The van der Waals surface area contributed by atoms with Crippen LogP contribution < -0.4 is 10.6 Å². The molecule has 2 aromatic heterocycles. The Labute approximate surface area is 159 Å². The average Bonchev–Trinajstić information content (AvgIpc) is 2.98. The number of nitrogens with one attached hydrogen (secondary N) is 2. The first-order chi connectivity index (χ1) is 12.1. The first-order valence-corrected chi connectivity index (χ1v) is 9.71. The summed E-state index contributed by atoms with van der Waals surface area (Å²) in [6.45, 7) is 4.84. The number of nitrogens with zero attached hydrogens (tertiary/aromatic N) is 2. The highest BCUT2D eigenvalue weighted by Crippen LogP contribution is 2.41. The SMILES string of the molecule is CCc1sc2ncnc(NCCNC(C)=O)c2c1-c1ccc(Br)cc1. The highest BCUT2D eigenvalue weighted by atomic mass is 79.9. The van der Waals surface area contributed by atoms with E-state index >= 15 is 0 Å². The molecular weight excluding hydrogens is 400 g/mol. The zero-order chi connectivity index (χ0) is 17.8. The lowest BCUT2D eigenvalue weighted by molar-refractivity contribution is -0.118. The Morgan fingerprint density at radius 3 is 2.64 bits per heavy atom. The van der Waals surface area contributed by atoms with Crippen molar-refractivity contribution >= 4 is 49.2 Å². The molecule has 5 nitrogen and oxygen atoms in total. The summed E-state index contributed by atoms with van der Waals surface area (Å²) in [5, 5.41) is 7.17. The summed E-state index contributed by atoms with van der Waals surface area (Å²) in [5.41, 5.74) is 2.35. The van der Waals surface area contributed by atoms with Crippen LogP contribution in [0.15, 0.2) is 35.1 Å². The van der Waals surface area contributed by atoms with Gasteiger partial charge in [0.25, 0.3) is 0 Å². The standard InChI is InChI=1S/C18H19BrN4OS/c1-3-14-15(12-4-6-13(19)7-5-12)16-17(21-9-8-20-11(2)24)22-10-23-18(16)25-14/h4-7,10H,3,8-9H2,1-2H3,(H,20,24)(H,21,22,23). The van der Waals surface area contributed by atoms with E-state index in [4.69, 9.17) is 0 Å². The normalized spacial score (nSPS) is 10.8. The molecule has 0 aliphatic carbocycles. The number of carbonyl (C=O) groups excluding carboxylic acids is 1. The van der Waals surface area contributed by atoms with Gasteiger partial charge in [-0.3, -0.25) is 4.79 Å². The van der Waals surface area contributed by atoms with Crippen molar-refractivity contribution in [3.05, 3.63) is 39.9 Å². The maximum atomic E-state index is 11.0. The molecule has 1 amide bonds. The highest BCUT2D eigenvalue weighted by molar-refractivity contribution is 9.10. The summed E-state index contributed by atoms with van der Waals surface area (Å²) in [6.07, 6.45) is 2.53. The number of anilines is 1. The highest BCUT2D eigenvalue weighted by Gasteiger charge is 2.17. The number of fused-ring (bicyclic) bond motifs is 1. The molecule has 0 radical (unpaired) electrons. The number of aromatic nitrogens is 2. The van der Waals surface area contributed by atoms with Gasteiger partial charge in [0.1, 0.15) is 17.0 Å². The molecule has 0 saturated heterocycles. The zero-order valence-electron chi connectivity index (χ0n) is 14.1. The van der Waals surface area contributed by atoms with Gasteiger partial charge in [0.15, 0.2) is 0 Å². The van der Waals surface area contributed by atoms with Gasteiger partial charge in [-0.05, 0) is 24.1 Å². The summed E-state index contributed by atoms with van der Waals surface area (Å²) in [7, 11) is 0. The van der Waals surface area contributed by atoms with Crippen molar-refractivity contribution in [2.24, 2.45) is 0 Å². The second kappa shape index (κ2) is 7.93. The first kappa shape index (κ1) is 17.8. The monoisotopic (exact) mass is 418 g/mol. The fourth-order valence-corrected chi connectivity index (χ4v) is 4.07. The molecule has 1 aromatic carbocycles. The lowest BCUT2D eigenvalue weighted by Crippen LogP contribution is -2.26. The number of thiophene rings is 1. The van der Waals surface area contributed by atoms with Crippen LogP contribution in [0.3, 0.4) is 0 Å². The second-order valence-corrected chi connectivity index (χ2v) is 7.57. The van der Waals surface area contributed by atoms with Crippen molar-refractivity contribution < 1.29 is 4.79 Å². The number of amides is 1. The molecule has 7 heteroatoms. The number of carbonyl (C=O) groups is 1. The van der Waals surface area contributed by atoms with Crippen LogP contribution in [0.1, 0.15) is 18.7 Å².